The van der Waals surface area contributed by atoms with Gasteiger partial charge in [-0.15, -0.1) is 0 Å². The van der Waals surface area contributed by atoms with Crippen molar-refractivity contribution < 1.29 is 17.9 Å². The summed E-state index contributed by atoms with van der Waals surface area (Å²) in [5, 5.41) is 4.12. The number of para-hydroxylation sites is 1. The van der Waals surface area contributed by atoms with E-state index in [-0.39, 0.29) is 15.6 Å². The summed E-state index contributed by atoms with van der Waals surface area (Å²) in [5.74, 6) is 0.0771. The smallest absolute Gasteiger partial charge is 0.264 e. The number of hydrogen-bond donors (Lipinski definition) is 1. The standard InChI is InChI=1S/C23H22ClN3O4S/c1-17-7-13-20(14-8-17)32(29,30)27(22-6-4-3-5-21(22)24)16-23(28)26-25-15-18-9-11-19(31-2)12-10-18/h3-15H,16H2,1-2H3,(H,26,28)/b25-15-. The molecule has 0 unspecified atom stereocenters. The Balaban J connectivity index is 1.82. The third kappa shape index (κ3) is 5.66. The predicted octanol–water partition coefficient (Wildman–Crippen LogP) is 4.00. The number of ether oxygens (including phenoxy) is 1. The number of aryl methyl sites for hydroxylation is 1. The Morgan fingerprint density at radius 2 is 1.72 bits per heavy atom. The first kappa shape index (κ1) is 23.3. The second-order valence-electron chi connectivity index (χ2n) is 6.84. The third-order valence-corrected chi connectivity index (χ3v) is 6.63. The van der Waals surface area contributed by atoms with Crippen molar-refractivity contribution in [3.8, 4) is 5.75 Å². The maximum atomic E-state index is 13.3. The maximum absolute atomic E-state index is 13.3. The minimum Gasteiger partial charge on any atom is -0.497 e. The summed E-state index contributed by atoms with van der Waals surface area (Å²) in [6, 6.07) is 19.9. The number of carbonyl (C=O) groups is 1. The molecule has 0 saturated heterocycles. The number of halogens is 1. The Hall–Kier alpha value is -3.36. The van der Waals surface area contributed by atoms with E-state index in [1.54, 1.807) is 67.8 Å². The highest BCUT2D eigenvalue weighted by molar-refractivity contribution is 7.92. The summed E-state index contributed by atoms with van der Waals surface area (Å²) >= 11 is 6.25. The lowest BCUT2D eigenvalue weighted by Crippen LogP contribution is -2.39. The lowest BCUT2D eigenvalue weighted by atomic mass is 10.2. The van der Waals surface area contributed by atoms with Crippen LogP contribution in [0.15, 0.2) is 82.8 Å². The number of carbonyl (C=O) groups excluding carboxylic acids is 1. The molecule has 0 aromatic heterocycles. The lowest BCUT2D eigenvalue weighted by Gasteiger charge is -2.24. The molecule has 0 fully saturated rings. The van der Waals surface area contributed by atoms with Gasteiger partial charge in [-0.2, -0.15) is 5.10 Å². The molecular formula is C23H22ClN3O4S. The van der Waals surface area contributed by atoms with Gasteiger partial charge in [0.25, 0.3) is 15.9 Å². The Morgan fingerprint density at radius 3 is 2.34 bits per heavy atom. The molecule has 0 heterocycles. The Kier molecular flexibility index (Phi) is 7.50. The van der Waals surface area contributed by atoms with Gasteiger partial charge in [-0.25, -0.2) is 13.8 Å². The van der Waals surface area contributed by atoms with Crippen LogP contribution in [0.5, 0.6) is 5.75 Å². The average molecular weight is 472 g/mol. The molecule has 0 atom stereocenters. The number of amides is 1. The Bertz CT molecular complexity index is 1210. The van der Waals surface area contributed by atoms with Gasteiger partial charge in [0.1, 0.15) is 12.3 Å². The molecule has 3 rings (SSSR count). The largest absolute Gasteiger partial charge is 0.497 e. The number of sulfonamides is 1. The van der Waals surface area contributed by atoms with Crippen molar-refractivity contribution in [2.45, 2.75) is 11.8 Å². The molecule has 7 nitrogen and oxygen atoms in total. The normalized spacial score (nSPS) is 11.3. The maximum Gasteiger partial charge on any atom is 0.264 e. The Morgan fingerprint density at radius 1 is 1.06 bits per heavy atom. The summed E-state index contributed by atoms with van der Waals surface area (Å²) in [6.07, 6.45) is 1.45. The van der Waals surface area contributed by atoms with E-state index in [4.69, 9.17) is 16.3 Å². The topological polar surface area (TPSA) is 88.1 Å². The van der Waals surface area contributed by atoms with Crippen molar-refractivity contribution in [1.82, 2.24) is 5.43 Å². The highest BCUT2D eigenvalue weighted by atomic mass is 35.5. The van der Waals surface area contributed by atoms with Crippen molar-refractivity contribution in [2.24, 2.45) is 5.10 Å². The van der Waals surface area contributed by atoms with Gasteiger partial charge < -0.3 is 4.74 Å². The van der Waals surface area contributed by atoms with Gasteiger partial charge in [-0.1, -0.05) is 41.4 Å². The molecule has 0 aliphatic carbocycles. The van der Waals surface area contributed by atoms with Gasteiger partial charge in [0.2, 0.25) is 0 Å². The minimum atomic E-state index is -4.05. The van der Waals surface area contributed by atoms with Crippen LogP contribution in [0.4, 0.5) is 5.69 Å². The van der Waals surface area contributed by atoms with Crippen molar-refractivity contribution >= 4 is 39.4 Å². The SMILES string of the molecule is COc1ccc(/C=N\NC(=O)CN(c2ccccc2Cl)S(=O)(=O)c2ccc(C)cc2)cc1. The number of benzene rings is 3. The molecule has 0 spiro atoms. The Labute approximate surface area is 192 Å². The van der Waals surface area contributed by atoms with Crippen molar-refractivity contribution in [1.29, 1.82) is 0 Å². The van der Waals surface area contributed by atoms with Crippen LogP contribution in [0, 0.1) is 6.92 Å². The summed E-state index contributed by atoms with van der Waals surface area (Å²) in [5.41, 5.74) is 4.21. The fourth-order valence-electron chi connectivity index (χ4n) is 2.83. The number of anilines is 1. The van der Waals surface area contributed by atoms with Crippen LogP contribution in [0.2, 0.25) is 5.02 Å². The predicted molar refractivity (Wildman–Crippen MR) is 126 cm³/mol. The average Bonchev–Trinajstić information content (AvgIpc) is 2.79. The molecule has 0 aliphatic rings. The first-order chi connectivity index (χ1) is 15.3. The van der Waals surface area contributed by atoms with Crippen molar-refractivity contribution in [2.75, 3.05) is 18.0 Å². The van der Waals surface area contributed by atoms with Crippen molar-refractivity contribution in [3.05, 3.63) is 88.9 Å². The van der Waals surface area contributed by atoms with E-state index >= 15 is 0 Å². The number of rotatable bonds is 8. The van der Waals surface area contributed by atoms with Crippen LogP contribution >= 0.6 is 11.6 Å². The molecule has 3 aromatic carbocycles. The highest BCUT2D eigenvalue weighted by Crippen LogP contribution is 2.30. The van der Waals surface area contributed by atoms with Gasteiger partial charge >= 0.3 is 0 Å². The van der Waals surface area contributed by atoms with Gasteiger partial charge in [0, 0.05) is 0 Å². The molecule has 3 aromatic rings. The fourth-order valence-corrected chi connectivity index (χ4v) is 4.55. The van der Waals surface area contributed by atoms with Gasteiger partial charge in [-0.3, -0.25) is 9.10 Å². The first-order valence-corrected chi connectivity index (χ1v) is 11.4. The first-order valence-electron chi connectivity index (χ1n) is 9.61. The van der Waals surface area contributed by atoms with Gasteiger partial charge in [0.15, 0.2) is 0 Å². The zero-order chi connectivity index (χ0) is 23.1. The second kappa shape index (κ2) is 10.3. The molecule has 0 saturated carbocycles. The van der Waals surface area contributed by atoms with E-state index < -0.39 is 22.5 Å². The molecule has 32 heavy (non-hydrogen) atoms. The molecule has 0 bridgehead atoms. The highest BCUT2D eigenvalue weighted by Gasteiger charge is 2.28. The van der Waals surface area contributed by atoms with Gasteiger partial charge in [-0.05, 0) is 61.0 Å². The third-order valence-electron chi connectivity index (χ3n) is 4.54. The van der Waals surface area contributed by atoms with Crippen LogP contribution in [-0.4, -0.2) is 34.2 Å². The molecular weight excluding hydrogens is 450 g/mol. The monoisotopic (exact) mass is 471 g/mol. The summed E-state index contributed by atoms with van der Waals surface area (Å²) < 4.78 is 32.7. The van der Waals surface area contributed by atoms with E-state index in [9.17, 15) is 13.2 Å². The number of hydrogen-bond acceptors (Lipinski definition) is 5. The summed E-state index contributed by atoms with van der Waals surface area (Å²) in [4.78, 5) is 12.6. The number of nitrogens with one attached hydrogen (secondary N) is 1. The zero-order valence-electron chi connectivity index (χ0n) is 17.5. The molecule has 166 valence electrons. The van der Waals surface area contributed by atoms with E-state index in [2.05, 4.69) is 10.5 Å². The molecule has 0 radical (unpaired) electrons. The second-order valence-corrected chi connectivity index (χ2v) is 9.11. The number of nitrogens with zero attached hydrogens (tertiary/aromatic N) is 2. The number of methoxy groups -OCH3 is 1. The van der Waals surface area contributed by atoms with Crippen LogP contribution in [-0.2, 0) is 14.8 Å². The van der Waals surface area contributed by atoms with Crippen LogP contribution in [0.25, 0.3) is 0 Å². The van der Waals surface area contributed by atoms with E-state index in [0.29, 0.717) is 5.75 Å². The quantitative estimate of drug-likeness (QED) is 0.397. The molecule has 1 N–H and O–H groups in total. The van der Waals surface area contributed by atoms with Crippen LogP contribution < -0.4 is 14.5 Å². The summed E-state index contributed by atoms with van der Waals surface area (Å²) in [6.45, 7) is 1.36. The van der Waals surface area contributed by atoms with E-state index in [0.717, 1.165) is 15.4 Å². The fraction of sp³-hybridized carbons (Fsp3) is 0.130. The summed E-state index contributed by atoms with van der Waals surface area (Å²) in [7, 11) is -2.48. The molecule has 0 aliphatic heterocycles. The minimum absolute atomic E-state index is 0.0533. The van der Waals surface area contributed by atoms with E-state index in [1.165, 1.54) is 18.3 Å². The molecule has 1 amide bonds. The zero-order valence-corrected chi connectivity index (χ0v) is 19.1. The van der Waals surface area contributed by atoms with Crippen molar-refractivity contribution in [3.63, 3.8) is 0 Å². The van der Waals surface area contributed by atoms with Crippen LogP contribution in [0.1, 0.15) is 11.1 Å². The molecule has 9 heteroatoms. The van der Waals surface area contributed by atoms with Gasteiger partial charge in [0.05, 0.1) is 28.9 Å². The lowest BCUT2D eigenvalue weighted by molar-refractivity contribution is -0.119. The van der Waals surface area contributed by atoms with Crippen LogP contribution in [0.3, 0.4) is 0 Å². The van der Waals surface area contributed by atoms with E-state index in [1.807, 2.05) is 6.92 Å². The number of hydrazone groups is 1.